The highest BCUT2D eigenvalue weighted by atomic mass is 16.3. The Kier molecular flexibility index (Phi) is 2.00. The first-order valence-corrected chi connectivity index (χ1v) is 3.15. The van der Waals surface area contributed by atoms with Crippen LogP contribution >= 0.6 is 0 Å². The topological polar surface area (TPSA) is 44.7 Å². The van der Waals surface area contributed by atoms with Gasteiger partial charge in [-0.2, -0.15) is 0 Å². The third-order valence-electron chi connectivity index (χ3n) is 1.57. The highest BCUT2D eigenvalue weighted by molar-refractivity contribution is 4.72. The van der Waals surface area contributed by atoms with Crippen LogP contribution in [0.3, 0.4) is 0 Å². The van der Waals surface area contributed by atoms with E-state index in [2.05, 4.69) is 10.6 Å². The van der Waals surface area contributed by atoms with Crippen LogP contribution in [0.1, 0.15) is 6.92 Å². The zero-order valence-electron chi connectivity index (χ0n) is 5.50. The standard InChI is InChI=1S/C5H11N3O/c1-5-4-6-2-3-8(5)7-9/h5-6H,2-4H2,1H3. The molecule has 52 valence electrons. The minimum atomic E-state index is 0.260. The van der Waals surface area contributed by atoms with Crippen molar-refractivity contribution in [2.24, 2.45) is 5.29 Å². The molecule has 1 saturated heterocycles. The Labute approximate surface area is 54.2 Å². The molecule has 1 fully saturated rings. The van der Waals surface area contributed by atoms with E-state index in [1.54, 1.807) is 5.01 Å². The van der Waals surface area contributed by atoms with Gasteiger partial charge in [0.1, 0.15) is 0 Å². The first-order chi connectivity index (χ1) is 4.34. The van der Waals surface area contributed by atoms with Gasteiger partial charge in [0.05, 0.1) is 17.9 Å². The molecule has 1 unspecified atom stereocenters. The highest BCUT2D eigenvalue weighted by Gasteiger charge is 2.15. The molecule has 1 N–H and O–H groups in total. The molecule has 0 amide bonds. The van der Waals surface area contributed by atoms with E-state index < -0.39 is 0 Å². The van der Waals surface area contributed by atoms with Crippen LogP contribution in [-0.4, -0.2) is 30.7 Å². The zero-order valence-corrected chi connectivity index (χ0v) is 5.50. The van der Waals surface area contributed by atoms with Gasteiger partial charge < -0.3 is 5.32 Å². The van der Waals surface area contributed by atoms with Crippen molar-refractivity contribution in [3.63, 3.8) is 0 Å². The van der Waals surface area contributed by atoms with Crippen LogP contribution in [-0.2, 0) is 0 Å². The highest BCUT2D eigenvalue weighted by Crippen LogP contribution is 2.00. The summed E-state index contributed by atoms with van der Waals surface area (Å²) in [6.45, 7) is 4.46. The van der Waals surface area contributed by atoms with Gasteiger partial charge >= 0.3 is 0 Å². The first kappa shape index (κ1) is 6.48. The number of hydrogen-bond acceptors (Lipinski definition) is 3. The molecule has 4 nitrogen and oxygen atoms in total. The fourth-order valence-electron chi connectivity index (χ4n) is 0.952. The van der Waals surface area contributed by atoms with Crippen molar-refractivity contribution in [3.8, 4) is 0 Å². The van der Waals surface area contributed by atoms with Gasteiger partial charge in [-0.3, -0.25) is 5.01 Å². The van der Waals surface area contributed by atoms with E-state index in [1.807, 2.05) is 6.92 Å². The molecule has 1 aliphatic heterocycles. The maximum Gasteiger partial charge on any atom is 0.0599 e. The third-order valence-corrected chi connectivity index (χ3v) is 1.57. The van der Waals surface area contributed by atoms with Crippen LogP contribution in [0.2, 0.25) is 0 Å². The zero-order chi connectivity index (χ0) is 6.69. The predicted octanol–water partition coefficient (Wildman–Crippen LogP) is -0.0385. The molecule has 1 aliphatic rings. The van der Waals surface area contributed by atoms with Gasteiger partial charge in [0.15, 0.2) is 0 Å². The Morgan fingerprint density at radius 1 is 1.78 bits per heavy atom. The summed E-state index contributed by atoms with van der Waals surface area (Å²) >= 11 is 0. The Bertz CT molecular complexity index is 106. The second kappa shape index (κ2) is 2.77. The predicted molar refractivity (Wildman–Crippen MR) is 34.8 cm³/mol. The lowest BCUT2D eigenvalue weighted by molar-refractivity contribution is 0.178. The smallest absolute Gasteiger partial charge is 0.0599 e. The van der Waals surface area contributed by atoms with E-state index in [1.165, 1.54) is 0 Å². The molecule has 0 aliphatic carbocycles. The molecule has 0 aromatic rings. The van der Waals surface area contributed by atoms with Gasteiger partial charge in [-0.15, -0.1) is 4.91 Å². The summed E-state index contributed by atoms with van der Waals surface area (Å²) < 4.78 is 0. The second-order valence-corrected chi connectivity index (χ2v) is 2.30. The fraction of sp³-hybridized carbons (Fsp3) is 1.00. The van der Waals surface area contributed by atoms with Crippen LogP contribution in [0.4, 0.5) is 0 Å². The fourth-order valence-corrected chi connectivity index (χ4v) is 0.952. The minimum absolute atomic E-state index is 0.260. The van der Waals surface area contributed by atoms with E-state index in [9.17, 15) is 4.91 Å². The summed E-state index contributed by atoms with van der Waals surface area (Å²) in [6, 6.07) is 0.260. The normalized spacial score (nSPS) is 28.1. The molecule has 0 radical (unpaired) electrons. The summed E-state index contributed by atoms with van der Waals surface area (Å²) in [6.07, 6.45) is 0. The van der Waals surface area contributed by atoms with Gasteiger partial charge in [0.2, 0.25) is 0 Å². The van der Waals surface area contributed by atoms with Crippen molar-refractivity contribution >= 4 is 0 Å². The quantitative estimate of drug-likeness (QED) is 0.505. The number of hydrogen-bond donors (Lipinski definition) is 1. The summed E-state index contributed by atoms with van der Waals surface area (Å²) in [5, 5.41) is 7.60. The van der Waals surface area contributed by atoms with Crippen molar-refractivity contribution in [2.75, 3.05) is 19.6 Å². The molecular weight excluding hydrogens is 118 g/mol. The average molecular weight is 129 g/mol. The number of nitrogens with zero attached hydrogens (tertiary/aromatic N) is 2. The number of piperazine rings is 1. The monoisotopic (exact) mass is 129 g/mol. The van der Waals surface area contributed by atoms with Crippen LogP contribution in [0.25, 0.3) is 0 Å². The lowest BCUT2D eigenvalue weighted by atomic mass is 10.3. The number of rotatable bonds is 1. The molecule has 4 heteroatoms. The van der Waals surface area contributed by atoms with Crippen molar-refractivity contribution in [3.05, 3.63) is 4.91 Å². The van der Waals surface area contributed by atoms with Crippen molar-refractivity contribution in [1.29, 1.82) is 0 Å². The van der Waals surface area contributed by atoms with Crippen LogP contribution in [0.5, 0.6) is 0 Å². The average Bonchev–Trinajstić information content (AvgIpc) is 1.89. The summed E-state index contributed by atoms with van der Waals surface area (Å²) in [5.41, 5.74) is 0. The largest absolute Gasteiger partial charge is 0.313 e. The molecule has 1 atom stereocenters. The molecule has 1 rings (SSSR count). The van der Waals surface area contributed by atoms with Crippen molar-refractivity contribution < 1.29 is 0 Å². The van der Waals surface area contributed by atoms with E-state index in [4.69, 9.17) is 0 Å². The van der Waals surface area contributed by atoms with E-state index in [0.29, 0.717) is 0 Å². The third kappa shape index (κ3) is 1.38. The first-order valence-electron chi connectivity index (χ1n) is 3.15. The molecular formula is C5H11N3O. The van der Waals surface area contributed by atoms with E-state index in [-0.39, 0.29) is 6.04 Å². The minimum Gasteiger partial charge on any atom is -0.313 e. The Balaban J connectivity index is 2.38. The Hall–Kier alpha value is -0.640. The number of nitrogens with one attached hydrogen (secondary N) is 1. The van der Waals surface area contributed by atoms with Crippen LogP contribution in [0.15, 0.2) is 5.29 Å². The van der Waals surface area contributed by atoms with Crippen LogP contribution < -0.4 is 5.32 Å². The Morgan fingerprint density at radius 3 is 3.00 bits per heavy atom. The van der Waals surface area contributed by atoms with Crippen molar-refractivity contribution in [1.82, 2.24) is 10.3 Å². The van der Waals surface area contributed by atoms with Gasteiger partial charge in [-0.1, -0.05) is 0 Å². The lowest BCUT2D eigenvalue weighted by Gasteiger charge is -2.28. The SMILES string of the molecule is CC1CNCCN1N=O. The summed E-state index contributed by atoms with van der Waals surface area (Å²) in [7, 11) is 0. The Morgan fingerprint density at radius 2 is 2.56 bits per heavy atom. The van der Waals surface area contributed by atoms with E-state index in [0.717, 1.165) is 19.6 Å². The molecule has 0 spiro atoms. The lowest BCUT2D eigenvalue weighted by Crippen LogP contribution is -2.46. The molecule has 1 heterocycles. The van der Waals surface area contributed by atoms with Crippen molar-refractivity contribution in [2.45, 2.75) is 13.0 Å². The molecule has 0 aromatic carbocycles. The molecule has 0 aromatic heterocycles. The van der Waals surface area contributed by atoms with Crippen LogP contribution in [0, 0.1) is 4.91 Å². The number of nitroso groups, excluding NO2 is 1. The maximum absolute atomic E-state index is 10.0. The van der Waals surface area contributed by atoms with Gasteiger partial charge in [0.25, 0.3) is 0 Å². The summed E-state index contributed by atoms with van der Waals surface area (Å²) in [5.74, 6) is 0. The van der Waals surface area contributed by atoms with Gasteiger partial charge in [-0.05, 0) is 6.92 Å². The molecule has 0 saturated carbocycles. The second-order valence-electron chi connectivity index (χ2n) is 2.30. The molecule has 9 heavy (non-hydrogen) atoms. The van der Waals surface area contributed by atoms with Gasteiger partial charge in [0, 0.05) is 13.1 Å². The molecule has 0 bridgehead atoms. The maximum atomic E-state index is 10.0. The van der Waals surface area contributed by atoms with Gasteiger partial charge in [-0.25, -0.2) is 0 Å². The summed E-state index contributed by atoms with van der Waals surface area (Å²) in [4.78, 5) is 10.0. The van der Waals surface area contributed by atoms with E-state index >= 15 is 0 Å².